The Morgan fingerprint density at radius 3 is 2.27 bits per heavy atom. The summed E-state index contributed by atoms with van der Waals surface area (Å²) in [6.45, 7) is -0.364. The Bertz CT molecular complexity index is 1140. The number of halogens is 3. The highest BCUT2D eigenvalue weighted by atomic mass is 79.9. The molecule has 1 amide bonds. The maximum Gasteiger partial charge on any atom is 0.243 e. The second-order valence-corrected chi connectivity index (χ2v) is 10.0. The molecule has 5 nitrogen and oxygen atoms in total. The topological polar surface area (TPSA) is 66.5 Å². The molecule has 0 atom stereocenters. The number of carbonyl (C=O) groups is 1. The van der Waals surface area contributed by atoms with Crippen molar-refractivity contribution in [3.05, 3.63) is 92.9 Å². The van der Waals surface area contributed by atoms with E-state index >= 15 is 0 Å². The van der Waals surface area contributed by atoms with Crippen LogP contribution >= 0.6 is 39.1 Å². The Hall–Kier alpha value is -1.90. The number of benzene rings is 3. The van der Waals surface area contributed by atoms with Crippen molar-refractivity contribution in [2.75, 3.05) is 11.9 Å². The number of rotatable bonds is 7. The molecule has 3 aromatic rings. The van der Waals surface area contributed by atoms with Gasteiger partial charge < -0.3 is 5.32 Å². The van der Waals surface area contributed by atoms with Crippen LogP contribution in [0.4, 0.5) is 5.69 Å². The molecule has 0 aliphatic heterocycles. The van der Waals surface area contributed by atoms with Crippen molar-refractivity contribution < 1.29 is 13.2 Å². The lowest BCUT2D eigenvalue weighted by atomic mass is 10.2. The number of anilines is 1. The molecule has 3 rings (SSSR count). The van der Waals surface area contributed by atoms with Crippen LogP contribution in [0.3, 0.4) is 0 Å². The molecule has 156 valence electrons. The highest BCUT2D eigenvalue weighted by Crippen LogP contribution is 2.29. The first-order valence-corrected chi connectivity index (χ1v) is 11.8. The zero-order valence-corrected chi connectivity index (χ0v) is 19.5. The molecule has 9 heteroatoms. The van der Waals surface area contributed by atoms with E-state index in [9.17, 15) is 13.2 Å². The van der Waals surface area contributed by atoms with E-state index in [2.05, 4.69) is 21.2 Å². The first kappa shape index (κ1) is 22.8. The Balaban J connectivity index is 1.87. The Kier molecular flexibility index (Phi) is 7.55. The molecule has 0 bridgehead atoms. The predicted octanol–water partition coefficient (Wildman–Crippen LogP) is 5.59. The van der Waals surface area contributed by atoms with Crippen molar-refractivity contribution in [3.63, 3.8) is 0 Å². The fourth-order valence-electron chi connectivity index (χ4n) is 2.71. The van der Waals surface area contributed by atoms with Gasteiger partial charge >= 0.3 is 0 Å². The number of hydrogen-bond acceptors (Lipinski definition) is 3. The molecule has 30 heavy (non-hydrogen) atoms. The smallest absolute Gasteiger partial charge is 0.243 e. The summed E-state index contributed by atoms with van der Waals surface area (Å²) in [6.07, 6.45) is 0. The summed E-state index contributed by atoms with van der Waals surface area (Å²) in [5.74, 6) is -0.532. The van der Waals surface area contributed by atoms with Crippen LogP contribution in [-0.4, -0.2) is 25.2 Å². The van der Waals surface area contributed by atoms with Gasteiger partial charge in [-0.05, 0) is 42.0 Å². The highest BCUT2D eigenvalue weighted by Gasteiger charge is 2.27. The van der Waals surface area contributed by atoms with Gasteiger partial charge in [-0.3, -0.25) is 4.79 Å². The first-order chi connectivity index (χ1) is 14.3. The Labute approximate surface area is 193 Å². The summed E-state index contributed by atoms with van der Waals surface area (Å²) in [7, 11) is -3.91. The molecule has 1 N–H and O–H groups in total. The monoisotopic (exact) mass is 526 g/mol. The molecule has 0 aliphatic carbocycles. The maximum absolute atomic E-state index is 13.2. The van der Waals surface area contributed by atoms with Crippen molar-refractivity contribution in [2.24, 2.45) is 0 Å². The minimum atomic E-state index is -3.91. The van der Waals surface area contributed by atoms with Crippen LogP contribution in [0.2, 0.25) is 10.0 Å². The SMILES string of the molecule is O=C(CN(Cc1ccc(Br)cc1)S(=O)(=O)c1ccccc1)Nc1cccc(Cl)c1Cl. The van der Waals surface area contributed by atoms with Gasteiger partial charge in [0, 0.05) is 11.0 Å². The van der Waals surface area contributed by atoms with Crippen LogP contribution in [0, 0.1) is 0 Å². The minimum absolute atomic E-state index is 0.0290. The molecule has 0 fully saturated rings. The van der Waals surface area contributed by atoms with E-state index in [1.165, 1.54) is 12.1 Å². The third-order valence-electron chi connectivity index (χ3n) is 4.20. The van der Waals surface area contributed by atoms with E-state index in [1.54, 1.807) is 48.5 Å². The fraction of sp³-hybridized carbons (Fsp3) is 0.0952. The second kappa shape index (κ2) is 9.94. The second-order valence-electron chi connectivity index (χ2n) is 6.36. The van der Waals surface area contributed by atoms with E-state index in [0.717, 1.165) is 14.3 Å². The quantitative estimate of drug-likeness (QED) is 0.435. The molecular formula is C21H17BrCl2N2O3S. The highest BCUT2D eigenvalue weighted by molar-refractivity contribution is 9.10. The lowest BCUT2D eigenvalue weighted by molar-refractivity contribution is -0.116. The Morgan fingerprint density at radius 2 is 1.60 bits per heavy atom. The number of hydrogen-bond donors (Lipinski definition) is 1. The lowest BCUT2D eigenvalue weighted by Gasteiger charge is -2.22. The minimum Gasteiger partial charge on any atom is -0.324 e. The van der Waals surface area contributed by atoms with Gasteiger partial charge in [-0.15, -0.1) is 0 Å². The average Bonchev–Trinajstić information content (AvgIpc) is 2.73. The zero-order chi connectivity index (χ0) is 21.7. The summed E-state index contributed by atoms with van der Waals surface area (Å²) in [6, 6.07) is 20.0. The summed E-state index contributed by atoms with van der Waals surface area (Å²) in [4.78, 5) is 12.8. The van der Waals surface area contributed by atoms with Crippen molar-refractivity contribution in [2.45, 2.75) is 11.4 Å². The molecule has 3 aromatic carbocycles. The lowest BCUT2D eigenvalue weighted by Crippen LogP contribution is -2.37. The van der Waals surface area contributed by atoms with Crippen molar-refractivity contribution >= 4 is 60.7 Å². The van der Waals surface area contributed by atoms with Crippen LogP contribution in [0.25, 0.3) is 0 Å². The van der Waals surface area contributed by atoms with E-state index in [1.807, 2.05) is 12.1 Å². The van der Waals surface area contributed by atoms with Gasteiger partial charge in [0.2, 0.25) is 15.9 Å². The third-order valence-corrected chi connectivity index (χ3v) is 7.35. The molecule has 0 radical (unpaired) electrons. The van der Waals surface area contributed by atoms with E-state index < -0.39 is 22.5 Å². The molecule has 0 heterocycles. The van der Waals surface area contributed by atoms with Crippen molar-refractivity contribution in [1.29, 1.82) is 0 Å². The average molecular weight is 528 g/mol. The van der Waals surface area contributed by atoms with Gasteiger partial charge in [-0.1, -0.05) is 75.5 Å². The molecule has 0 saturated heterocycles. The van der Waals surface area contributed by atoms with Crippen LogP contribution < -0.4 is 5.32 Å². The molecular weight excluding hydrogens is 511 g/mol. The van der Waals surface area contributed by atoms with Gasteiger partial charge in [0.15, 0.2) is 0 Å². The maximum atomic E-state index is 13.2. The summed E-state index contributed by atoms with van der Waals surface area (Å²) < 4.78 is 28.4. The number of sulfonamides is 1. The first-order valence-electron chi connectivity index (χ1n) is 8.81. The van der Waals surface area contributed by atoms with Crippen LogP contribution in [0.15, 0.2) is 82.2 Å². The summed E-state index contributed by atoms with van der Waals surface area (Å²) >= 11 is 15.5. The zero-order valence-electron chi connectivity index (χ0n) is 15.6. The standard InChI is InChI=1S/C21H17BrCl2N2O3S/c22-16-11-9-15(10-12-16)13-26(30(28,29)17-5-2-1-3-6-17)14-20(27)25-19-8-4-7-18(23)21(19)24/h1-12H,13-14H2,(H,25,27). The van der Waals surface area contributed by atoms with Gasteiger partial charge in [-0.2, -0.15) is 4.31 Å². The number of amides is 1. The largest absolute Gasteiger partial charge is 0.324 e. The van der Waals surface area contributed by atoms with Gasteiger partial charge in [0.1, 0.15) is 0 Å². The Morgan fingerprint density at radius 1 is 0.933 bits per heavy atom. The van der Waals surface area contributed by atoms with E-state index in [-0.39, 0.29) is 21.5 Å². The van der Waals surface area contributed by atoms with E-state index in [0.29, 0.717) is 5.69 Å². The molecule has 0 unspecified atom stereocenters. The number of nitrogens with zero attached hydrogens (tertiary/aromatic N) is 1. The van der Waals surface area contributed by atoms with Crippen LogP contribution in [0.5, 0.6) is 0 Å². The van der Waals surface area contributed by atoms with Gasteiger partial charge in [-0.25, -0.2) is 8.42 Å². The fourth-order valence-corrected chi connectivity index (χ4v) is 4.73. The van der Waals surface area contributed by atoms with Crippen molar-refractivity contribution in [1.82, 2.24) is 4.31 Å². The van der Waals surface area contributed by atoms with Gasteiger partial charge in [0.05, 0.1) is 27.2 Å². The number of nitrogens with one attached hydrogen (secondary N) is 1. The normalized spacial score (nSPS) is 11.5. The van der Waals surface area contributed by atoms with Crippen LogP contribution in [0.1, 0.15) is 5.56 Å². The molecule has 0 spiro atoms. The summed E-state index contributed by atoms with van der Waals surface area (Å²) in [5.41, 5.74) is 1.06. The van der Waals surface area contributed by atoms with Gasteiger partial charge in [0.25, 0.3) is 0 Å². The molecule has 0 saturated carbocycles. The van der Waals surface area contributed by atoms with Crippen LogP contribution in [-0.2, 0) is 21.4 Å². The predicted molar refractivity (Wildman–Crippen MR) is 123 cm³/mol. The molecule has 0 aromatic heterocycles. The van der Waals surface area contributed by atoms with E-state index in [4.69, 9.17) is 23.2 Å². The third kappa shape index (κ3) is 5.62. The number of carbonyl (C=O) groups excluding carboxylic acids is 1. The molecule has 0 aliphatic rings. The van der Waals surface area contributed by atoms with Crippen molar-refractivity contribution in [3.8, 4) is 0 Å². The summed E-state index contributed by atoms with van der Waals surface area (Å²) in [5, 5.41) is 3.11.